The first-order valence-corrected chi connectivity index (χ1v) is 8.58. The molecule has 138 valence electrons. The van der Waals surface area contributed by atoms with E-state index in [4.69, 9.17) is 0 Å². The minimum Gasteiger partial charge on any atom is -0.345 e. The molecule has 1 aliphatic heterocycles. The molecule has 2 fully saturated rings. The molecule has 1 saturated heterocycles. The van der Waals surface area contributed by atoms with Crippen LogP contribution < -0.4 is 10.6 Å². The predicted octanol–water partition coefficient (Wildman–Crippen LogP) is 1.19. The van der Waals surface area contributed by atoms with Crippen molar-refractivity contribution < 1.29 is 19.2 Å². The number of imide groups is 1. The Balaban J connectivity index is 1.61. The van der Waals surface area contributed by atoms with E-state index in [-0.39, 0.29) is 18.4 Å². The van der Waals surface area contributed by atoms with Gasteiger partial charge in [0.1, 0.15) is 12.1 Å². The van der Waals surface area contributed by atoms with Gasteiger partial charge in [-0.1, -0.05) is 12.8 Å². The highest BCUT2D eigenvalue weighted by Crippen LogP contribution is 2.34. The summed E-state index contributed by atoms with van der Waals surface area (Å²) < 4.78 is 0. The van der Waals surface area contributed by atoms with Gasteiger partial charge in [-0.15, -0.1) is 0 Å². The standard InChI is InChI=1S/C18H22N4O4/c1-21(2)15(24)12-5-7-13(8-6-12)19-14(23)11-22-16(25)18(20-17(22)26)9-3-4-10-18/h5-8H,3-4,9-11H2,1-2H3,(H,19,23)(H,20,26). The first-order chi connectivity index (χ1) is 12.3. The number of carbonyl (C=O) groups is 4. The van der Waals surface area contributed by atoms with Gasteiger partial charge in [-0.3, -0.25) is 19.3 Å². The fourth-order valence-corrected chi connectivity index (χ4v) is 3.44. The molecular weight excluding hydrogens is 336 g/mol. The van der Waals surface area contributed by atoms with Gasteiger partial charge in [-0.2, -0.15) is 0 Å². The third kappa shape index (κ3) is 3.26. The first kappa shape index (κ1) is 17.9. The summed E-state index contributed by atoms with van der Waals surface area (Å²) in [4.78, 5) is 51.1. The summed E-state index contributed by atoms with van der Waals surface area (Å²) >= 11 is 0. The number of amides is 5. The second-order valence-corrected chi connectivity index (χ2v) is 6.94. The lowest BCUT2D eigenvalue weighted by atomic mass is 9.98. The zero-order valence-corrected chi connectivity index (χ0v) is 14.9. The van der Waals surface area contributed by atoms with Gasteiger partial charge < -0.3 is 15.5 Å². The minimum atomic E-state index is -0.814. The summed E-state index contributed by atoms with van der Waals surface area (Å²) in [6.45, 7) is -0.329. The van der Waals surface area contributed by atoms with Crippen LogP contribution in [0.3, 0.4) is 0 Å². The maximum absolute atomic E-state index is 12.5. The number of hydrogen-bond acceptors (Lipinski definition) is 4. The molecule has 0 radical (unpaired) electrons. The monoisotopic (exact) mass is 358 g/mol. The second kappa shape index (κ2) is 6.78. The summed E-state index contributed by atoms with van der Waals surface area (Å²) in [5.41, 5.74) is 0.184. The first-order valence-electron chi connectivity index (χ1n) is 8.58. The molecule has 8 nitrogen and oxygen atoms in total. The Hall–Kier alpha value is -2.90. The maximum atomic E-state index is 12.5. The summed E-state index contributed by atoms with van der Waals surface area (Å²) in [5.74, 6) is -0.915. The van der Waals surface area contributed by atoms with Crippen LogP contribution in [0.5, 0.6) is 0 Å². The Labute approximate surface area is 151 Å². The van der Waals surface area contributed by atoms with Crippen LogP contribution in [-0.2, 0) is 9.59 Å². The van der Waals surface area contributed by atoms with E-state index in [2.05, 4.69) is 10.6 Å². The van der Waals surface area contributed by atoms with Gasteiger partial charge in [-0.25, -0.2) is 4.79 Å². The molecule has 1 aromatic rings. The molecule has 1 spiro atoms. The summed E-state index contributed by atoms with van der Waals surface area (Å²) in [6, 6.07) is 5.93. The molecule has 5 amide bonds. The Bertz CT molecular complexity index is 751. The number of rotatable bonds is 4. The molecule has 26 heavy (non-hydrogen) atoms. The van der Waals surface area contributed by atoms with E-state index in [9.17, 15) is 19.2 Å². The number of benzene rings is 1. The lowest BCUT2D eigenvalue weighted by molar-refractivity contribution is -0.133. The van der Waals surface area contributed by atoms with Crippen molar-refractivity contribution in [2.45, 2.75) is 31.2 Å². The highest BCUT2D eigenvalue weighted by atomic mass is 16.2. The number of carbonyl (C=O) groups excluding carboxylic acids is 4. The van der Waals surface area contributed by atoms with Crippen LogP contribution in [0.15, 0.2) is 24.3 Å². The Morgan fingerprint density at radius 1 is 1.15 bits per heavy atom. The van der Waals surface area contributed by atoms with Crippen LogP contribution in [-0.4, -0.2) is 59.7 Å². The quantitative estimate of drug-likeness (QED) is 0.790. The number of urea groups is 1. The minimum absolute atomic E-state index is 0.135. The van der Waals surface area contributed by atoms with Crippen LogP contribution in [0.4, 0.5) is 10.5 Å². The van der Waals surface area contributed by atoms with E-state index in [1.807, 2.05) is 0 Å². The van der Waals surface area contributed by atoms with Gasteiger partial charge >= 0.3 is 6.03 Å². The molecule has 1 heterocycles. The maximum Gasteiger partial charge on any atom is 0.325 e. The molecular formula is C18H22N4O4. The topological polar surface area (TPSA) is 98.8 Å². The van der Waals surface area contributed by atoms with Gasteiger partial charge in [0.2, 0.25) is 5.91 Å². The molecule has 0 atom stereocenters. The van der Waals surface area contributed by atoms with Crippen molar-refractivity contribution in [1.82, 2.24) is 15.1 Å². The van der Waals surface area contributed by atoms with Gasteiger partial charge in [0.25, 0.3) is 11.8 Å². The number of nitrogens with zero attached hydrogens (tertiary/aromatic N) is 2. The lowest BCUT2D eigenvalue weighted by Crippen LogP contribution is -2.44. The molecule has 2 aliphatic rings. The van der Waals surface area contributed by atoms with Crippen LogP contribution >= 0.6 is 0 Å². The lowest BCUT2D eigenvalue weighted by Gasteiger charge is -2.19. The molecule has 0 unspecified atom stereocenters. The molecule has 2 N–H and O–H groups in total. The molecule has 1 saturated carbocycles. The molecule has 3 rings (SSSR count). The smallest absolute Gasteiger partial charge is 0.325 e. The Morgan fingerprint density at radius 2 is 1.77 bits per heavy atom. The Morgan fingerprint density at radius 3 is 2.35 bits per heavy atom. The zero-order chi connectivity index (χ0) is 18.9. The third-order valence-electron chi connectivity index (χ3n) is 4.83. The molecule has 8 heteroatoms. The highest BCUT2D eigenvalue weighted by Gasteiger charge is 2.52. The van der Waals surface area contributed by atoms with E-state index < -0.39 is 17.5 Å². The van der Waals surface area contributed by atoms with E-state index in [1.165, 1.54) is 4.90 Å². The van der Waals surface area contributed by atoms with E-state index >= 15 is 0 Å². The Kier molecular flexibility index (Phi) is 4.67. The molecule has 0 bridgehead atoms. The summed E-state index contributed by atoms with van der Waals surface area (Å²) in [6.07, 6.45) is 3.03. The summed E-state index contributed by atoms with van der Waals surface area (Å²) in [5, 5.41) is 5.39. The third-order valence-corrected chi connectivity index (χ3v) is 4.83. The van der Waals surface area contributed by atoms with Crippen molar-refractivity contribution in [1.29, 1.82) is 0 Å². The van der Waals surface area contributed by atoms with Crippen LogP contribution in [0.25, 0.3) is 0 Å². The normalized spacial score (nSPS) is 18.2. The van der Waals surface area contributed by atoms with E-state index in [0.717, 1.165) is 17.7 Å². The second-order valence-electron chi connectivity index (χ2n) is 6.94. The van der Waals surface area contributed by atoms with Crippen LogP contribution in [0, 0.1) is 0 Å². The van der Waals surface area contributed by atoms with Gasteiger partial charge in [0.05, 0.1) is 0 Å². The average molecular weight is 358 g/mol. The van der Waals surface area contributed by atoms with Crippen molar-refractivity contribution in [2.75, 3.05) is 26.0 Å². The van der Waals surface area contributed by atoms with Crippen molar-refractivity contribution in [3.8, 4) is 0 Å². The summed E-state index contributed by atoms with van der Waals surface area (Å²) in [7, 11) is 3.32. The predicted molar refractivity (Wildman–Crippen MR) is 94.5 cm³/mol. The fraction of sp³-hybridized carbons (Fsp3) is 0.444. The number of hydrogen-bond donors (Lipinski definition) is 2. The van der Waals surface area contributed by atoms with E-state index in [0.29, 0.717) is 24.1 Å². The number of anilines is 1. The van der Waals surface area contributed by atoms with Gasteiger partial charge in [0.15, 0.2) is 0 Å². The van der Waals surface area contributed by atoms with Gasteiger partial charge in [-0.05, 0) is 37.1 Å². The van der Waals surface area contributed by atoms with Crippen molar-refractivity contribution in [2.24, 2.45) is 0 Å². The number of nitrogens with one attached hydrogen (secondary N) is 2. The van der Waals surface area contributed by atoms with E-state index in [1.54, 1.807) is 38.4 Å². The van der Waals surface area contributed by atoms with Crippen molar-refractivity contribution >= 4 is 29.4 Å². The van der Waals surface area contributed by atoms with Crippen molar-refractivity contribution in [3.63, 3.8) is 0 Å². The van der Waals surface area contributed by atoms with Crippen LogP contribution in [0.2, 0.25) is 0 Å². The molecule has 1 aliphatic carbocycles. The van der Waals surface area contributed by atoms with Gasteiger partial charge in [0, 0.05) is 25.3 Å². The van der Waals surface area contributed by atoms with Crippen LogP contribution in [0.1, 0.15) is 36.0 Å². The zero-order valence-electron chi connectivity index (χ0n) is 14.9. The highest BCUT2D eigenvalue weighted by molar-refractivity contribution is 6.10. The molecule has 0 aromatic heterocycles. The average Bonchev–Trinajstić information content (AvgIpc) is 3.16. The van der Waals surface area contributed by atoms with Crippen molar-refractivity contribution in [3.05, 3.63) is 29.8 Å². The molecule has 1 aromatic carbocycles. The largest absolute Gasteiger partial charge is 0.345 e. The SMILES string of the molecule is CN(C)C(=O)c1ccc(NC(=O)CN2C(=O)NC3(CCCC3)C2=O)cc1. The fourth-order valence-electron chi connectivity index (χ4n) is 3.44.